The minimum absolute atomic E-state index is 0.00798. The van der Waals surface area contributed by atoms with Gasteiger partial charge in [0, 0.05) is 95.3 Å². The van der Waals surface area contributed by atoms with Gasteiger partial charge in [0.05, 0.1) is 65.2 Å². The van der Waals surface area contributed by atoms with Crippen LogP contribution in [0.3, 0.4) is 0 Å². The molecule has 0 unspecified atom stereocenters. The van der Waals surface area contributed by atoms with Crippen molar-refractivity contribution in [3.05, 3.63) is 253 Å². The standard InChI is InChI=1S/C28H28F3N5O2S.C27H21F3N8O3.C25H20F3N5O/c1-17-4-6-22(11-19(17)5-7-24-14-33-27(39-24)25(32)37)34-26(38)20-10-21(28(29,30)31)13-23(12-20)36-9-8-18(16-36)15-35(2)3;1-16-4-6-18(8-17(16)5-7-21-12-32-26(41-21)36-24(39)14-37(2)3)34-25(40)22-9-20(10-23(35-22)27(28,29)30)38-13-19(11-31)33-15-38;1-16-4-6-21(9-18(16)5-7-22-12-29-14-32(22)3)31-24(34)19-8-20(25(26,27)28)11-23(10-19)33-13-17(2)30-15-33/h4,6,10-14,18H,8-9,15-16H2,1-3H3,(H2,32,37)(H,34,38);4,6,8-10,12-13,15H,14H2,1-3H3,(H,34,40)(H,32,36,39);4,6,8-15H,1-3H3,(H,31,34)/t18-;;/m1../s1. The highest BCUT2D eigenvalue weighted by Crippen LogP contribution is 2.37. The van der Waals surface area contributed by atoms with Crippen LogP contribution in [0.2, 0.25) is 0 Å². The van der Waals surface area contributed by atoms with Gasteiger partial charge in [-0.3, -0.25) is 29.3 Å². The molecule has 12 rings (SSSR count). The second-order valence-corrected chi connectivity index (χ2v) is 27.5. The molecule has 0 aliphatic carbocycles. The van der Waals surface area contributed by atoms with Gasteiger partial charge >= 0.3 is 24.5 Å². The van der Waals surface area contributed by atoms with E-state index in [1.54, 1.807) is 117 Å². The number of nitriles is 1. The summed E-state index contributed by atoms with van der Waals surface area (Å²) in [5.41, 5.74) is 8.66. The minimum atomic E-state index is -4.83. The van der Waals surface area contributed by atoms with Gasteiger partial charge in [0.15, 0.2) is 16.5 Å². The molecule has 1 aliphatic heterocycles. The largest absolute Gasteiger partial charge is 0.433 e. The van der Waals surface area contributed by atoms with Crippen LogP contribution < -0.4 is 31.9 Å². The number of anilines is 5. The number of nitrogens with one attached hydrogen (secondary N) is 4. The molecular formula is C80H69F9N18O6S. The number of hydrogen-bond donors (Lipinski definition) is 5. The number of halogens is 9. The first kappa shape index (κ1) is 82.8. The van der Waals surface area contributed by atoms with Crippen LogP contribution in [0.15, 0.2) is 158 Å². The van der Waals surface area contributed by atoms with E-state index in [0.717, 1.165) is 89.4 Å². The Morgan fingerprint density at radius 1 is 0.596 bits per heavy atom. The molecule has 5 aromatic carbocycles. The predicted octanol–water partition coefficient (Wildman–Crippen LogP) is 13.1. The summed E-state index contributed by atoms with van der Waals surface area (Å²) in [5, 5.41) is 19.6. The Morgan fingerprint density at radius 2 is 1.15 bits per heavy atom. The smallest absolute Gasteiger partial charge is 0.415 e. The third-order valence-corrected chi connectivity index (χ3v) is 17.8. The maximum atomic E-state index is 13.7. The van der Waals surface area contributed by atoms with Gasteiger partial charge in [-0.05, 0) is 188 Å². The van der Waals surface area contributed by atoms with Crippen molar-refractivity contribution in [2.45, 2.75) is 52.6 Å². The minimum Gasteiger partial charge on any atom is -0.415 e. The molecule has 114 heavy (non-hydrogen) atoms. The molecule has 0 bridgehead atoms. The summed E-state index contributed by atoms with van der Waals surface area (Å²) < 4.78 is 132. The lowest BCUT2D eigenvalue weighted by Gasteiger charge is -2.22. The highest BCUT2D eigenvalue weighted by molar-refractivity contribution is 7.14. The number of imidazole rings is 3. The van der Waals surface area contributed by atoms with Crippen molar-refractivity contribution in [1.82, 2.24) is 53.4 Å². The summed E-state index contributed by atoms with van der Waals surface area (Å²) in [7, 11) is 9.25. The van der Waals surface area contributed by atoms with E-state index in [-0.39, 0.29) is 63.1 Å². The topological polar surface area (TPSA) is 298 Å². The molecule has 0 radical (unpaired) electrons. The lowest BCUT2D eigenvalue weighted by atomic mass is 10.1. The number of thiazole rings is 1. The van der Waals surface area contributed by atoms with Crippen molar-refractivity contribution in [1.29, 1.82) is 5.26 Å². The highest BCUT2D eigenvalue weighted by Gasteiger charge is 2.36. The van der Waals surface area contributed by atoms with Gasteiger partial charge in [-0.15, -0.1) is 11.3 Å². The van der Waals surface area contributed by atoms with Crippen molar-refractivity contribution in [3.63, 3.8) is 0 Å². The fourth-order valence-electron chi connectivity index (χ4n) is 11.1. The number of alkyl halides is 9. The number of aromatic nitrogens is 9. The van der Waals surface area contributed by atoms with E-state index in [2.05, 4.69) is 91.6 Å². The number of carbonyl (C=O) groups excluding carboxylic acids is 5. The fraction of sp³-hybridized carbons (Fsp3) is 0.225. The lowest BCUT2D eigenvalue weighted by Crippen LogP contribution is -2.27. The molecule has 6 aromatic heterocycles. The number of pyridine rings is 1. The van der Waals surface area contributed by atoms with E-state index >= 15 is 0 Å². The SMILES string of the molecule is Cc1ccc(NC(=O)c2cc(-n3cnc(C#N)c3)cc(C(F)(F)F)n2)cc1C#Cc1cnc(NC(=O)CN(C)C)o1.Cc1ccc(NC(=O)c2cc(N3CC[C@H](CN(C)C)C3)cc(C(F)(F)F)c2)cc1C#Cc1cnc(C(N)=O)s1.Cc1cn(-c2cc(C(=O)Nc3ccc(C)c(C#Cc4cncn4C)c3)cc(C(F)(F)F)c2)cn1. The summed E-state index contributed by atoms with van der Waals surface area (Å²) in [4.78, 5) is 91.5. The van der Waals surface area contributed by atoms with E-state index in [1.807, 2.05) is 39.9 Å². The van der Waals surface area contributed by atoms with Crippen LogP contribution in [0.25, 0.3) is 11.4 Å². The third kappa shape index (κ3) is 22.5. The molecule has 0 spiro atoms. The van der Waals surface area contributed by atoms with Gasteiger partial charge in [-0.2, -0.15) is 44.8 Å². The Bertz CT molecular complexity index is 5710. The Labute approximate surface area is 650 Å². The fourth-order valence-corrected chi connectivity index (χ4v) is 11.8. The van der Waals surface area contributed by atoms with Gasteiger partial charge in [-0.1, -0.05) is 36.0 Å². The summed E-state index contributed by atoms with van der Waals surface area (Å²) in [6.45, 7) is 9.47. The molecule has 1 fully saturated rings. The van der Waals surface area contributed by atoms with Crippen LogP contribution in [0.5, 0.6) is 0 Å². The van der Waals surface area contributed by atoms with E-state index in [0.29, 0.717) is 63.3 Å². The van der Waals surface area contributed by atoms with Crippen LogP contribution in [0, 0.1) is 80.5 Å². The second kappa shape index (κ2) is 35.6. The van der Waals surface area contributed by atoms with Gasteiger partial charge in [-0.25, -0.2) is 29.9 Å². The number of nitrogens with two attached hydrogens (primary N) is 1. The van der Waals surface area contributed by atoms with E-state index < -0.39 is 64.7 Å². The van der Waals surface area contributed by atoms with Gasteiger partial charge in [0.25, 0.3) is 23.6 Å². The molecule has 6 N–H and O–H groups in total. The first-order valence-electron chi connectivity index (χ1n) is 34.2. The molecule has 1 atom stereocenters. The number of hydrogen-bond acceptors (Lipinski definition) is 17. The van der Waals surface area contributed by atoms with Crippen LogP contribution in [0.1, 0.15) is 125 Å². The summed E-state index contributed by atoms with van der Waals surface area (Å²) in [5.74, 6) is 15.0. The molecular weight excluding hydrogens is 1510 g/mol. The first-order valence-corrected chi connectivity index (χ1v) is 35.0. The zero-order valence-corrected chi connectivity index (χ0v) is 63.0. The zero-order valence-electron chi connectivity index (χ0n) is 62.2. The predicted molar refractivity (Wildman–Crippen MR) is 408 cm³/mol. The lowest BCUT2D eigenvalue weighted by molar-refractivity contribution is -0.141. The van der Waals surface area contributed by atoms with Crippen molar-refractivity contribution in [2.24, 2.45) is 18.7 Å². The number of rotatable bonds is 15. The Hall–Kier alpha value is -13.7. The number of likely N-dealkylation sites (N-methyl/N-ethyl adjacent to an activating group) is 1. The van der Waals surface area contributed by atoms with Crippen molar-refractivity contribution in [2.75, 3.05) is 80.5 Å². The van der Waals surface area contributed by atoms with Crippen LogP contribution in [-0.4, -0.2) is 137 Å². The number of benzene rings is 5. The molecule has 5 amide bonds. The zero-order chi connectivity index (χ0) is 82.5. The maximum Gasteiger partial charge on any atom is 0.433 e. The molecule has 584 valence electrons. The van der Waals surface area contributed by atoms with E-state index in [1.165, 1.54) is 46.2 Å². The number of aryl methyl sites for hydroxylation is 5. The number of amides is 5. The Balaban J connectivity index is 0.000000182. The Morgan fingerprint density at radius 3 is 1.67 bits per heavy atom. The van der Waals surface area contributed by atoms with Crippen molar-refractivity contribution < 1.29 is 67.9 Å². The van der Waals surface area contributed by atoms with Crippen LogP contribution in [-0.2, 0) is 30.4 Å². The van der Waals surface area contributed by atoms with Gasteiger partial charge in [0.2, 0.25) is 5.91 Å². The quantitative estimate of drug-likeness (QED) is 0.0471. The number of nitrogens with zero attached hydrogens (tertiary/aromatic N) is 13. The second-order valence-electron chi connectivity index (χ2n) is 26.5. The number of primary amides is 1. The molecule has 0 saturated carbocycles. The van der Waals surface area contributed by atoms with Crippen LogP contribution >= 0.6 is 11.3 Å². The molecule has 7 heterocycles. The normalized spacial score (nSPS) is 12.5. The first-order chi connectivity index (χ1) is 53.9. The Kier molecular flexibility index (Phi) is 25.8. The summed E-state index contributed by atoms with van der Waals surface area (Å²) in [6, 6.07) is 25.4. The number of oxazole rings is 1. The molecule has 1 saturated heterocycles. The molecule has 34 heteroatoms. The monoisotopic (exact) mass is 1580 g/mol. The summed E-state index contributed by atoms with van der Waals surface area (Å²) in [6.07, 6.45) is -1.70. The van der Waals surface area contributed by atoms with E-state index in [4.69, 9.17) is 15.4 Å². The molecule has 24 nitrogen and oxygen atoms in total. The van der Waals surface area contributed by atoms with Gasteiger partial charge < -0.3 is 54.5 Å². The maximum absolute atomic E-state index is 13.7. The van der Waals surface area contributed by atoms with Crippen molar-refractivity contribution in [3.8, 4) is 53.0 Å². The summed E-state index contributed by atoms with van der Waals surface area (Å²) >= 11 is 1.07. The van der Waals surface area contributed by atoms with Gasteiger partial charge in [0.1, 0.15) is 29.5 Å². The van der Waals surface area contributed by atoms with Crippen LogP contribution in [0.4, 0.5) is 68.3 Å². The number of carbonyl (C=O) groups is 5. The third-order valence-electron chi connectivity index (χ3n) is 16.8. The highest BCUT2D eigenvalue weighted by atomic mass is 32.1. The average Bonchev–Trinajstić information content (AvgIpc) is 0.885. The molecule has 1 aliphatic rings. The molecule has 11 aromatic rings. The average molecular weight is 1580 g/mol. The van der Waals surface area contributed by atoms with E-state index in [9.17, 15) is 63.5 Å². The van der Waals surface area contributed by atoms with Crippen molar-refractivity contribution >= 4 is 69.6 Å².